The second kappa shape index (κ2) is 8.36. The van der Waals surface area contributed by atoms with Gasteiger partial charge in [-0.2, -0.15) is 0 Å². The number of fused-ring (bicyclic) bond motifs is 1. The quantitative estimate of drug-likeness (QED) is 0.451. The van der Waals surface area contributed by atoms with Crippen LogP contribution < -0.4 is 15.1 Å². The molecule has 0 aliphatic carbocycles. The summed E-state index contributed by atoms with van der Waals surface area (Å²) in [5.74, 6) is -1.48. The van der Waals surface area contributed by atoms with Gasteiger partial charge < -0.3 is 4.90 Å². The normalized spacial score (nSPS) is 17.5. The lowest BCUT2D eigenvalue weighted by Gasteiger charge is -2.28. The molecular formula is C23H22FN3O2S. The van der Waals surface area contributed by atoms with Gasteiger partial charge in [-0.25, -0.2) is 4.39 Å². The van der Waals surface area contributed by atoms with Crippen LogP contribution in [0.1, 0.15) is 30.9 Å². The zero-order valence-corrected chi connectivity index (χ0v) is 17.5. The zero-order valence-electron chi connectivity index (χ0n) is 16.7. The van der Waals surface area contributed by atoms with Gasteiger partial charge in [-0.15, -0.1) is 0 Å². The average molecular weight is 424 g/mol. The van der Waals surface area contributed by atoms with Crippen molar-refractivity contribution in [2.75, 3.05) is 22.9 Å². The molecule has 7 heteroatoms. The van der Waals surface area contributed by atoms with E-state index in [4.69, 9.17) is 12.2 Å². The summed E-state index contributed by atoms with van der Waals surface area (Å²) in [7, 11) is 0. The Bertz CT molecular complexity index is 1050. The molecule has 0 bridgehead atoms. The van der Waals surface area contributed by atoms with E-state index >= 15 is 0 Å². The standard InChI is InChI=1S/C23H22FN3O2S/c1-2-3-11-26-12-10-16-13-15(4-9-20(16)26)14-19-21(28)25-23(30)27(22(19)29)18-7-5-17(24)6-8-18/h4-9,13-14H,2-3,10-12H2,1H3,(H,25,28,30). The summed E-state index contributed by atoms with van der Waals surface area (Å²) in [5, 5.41) is 2.53. The number of nitrogens with zero attached hydrogens (tertiary/aromatic N) is 2. The lowest BCUT2D eigenvalue weighted by molar-refractivity contribution is -0.122. The fourth-order valence-corrected chi connectivity index (χ4v) is 4.09. The molecule has 0 saturated carbocycles. The van der Waals surface area contributed by atoms with Gasteiger partial charge in [0.1, 0.15) is 11.4 Å². The van der Waals surface area contributed by atoms with Crippen molar-refractivity contribution in [3.8, 4) is 0 Å². The molecule has 2 aromatic rings. The lowest BCUT2D eigenvalue weighted by atomic mass is 10.0. The maximum atomic E-state index is 13.3. The highest BCUT2D eigenvalue weighted by molar-refractivity contribution is 7.80. The fourth-order valence-electron chi connectivity index (χ4n) is 3.81. The molecule has 0 aromatic heterocycles. The summed E-state index contributed by atoms with van der Waals surface area (Å²) in [4.78, 5) is 29.1. The topological polar surface area (TPSA) is 52.7 Å². The van der Waals surface area contributed by atoms with Crippen LogP contribution in [0.3, 0.4) is 0 Å². The van der Waals surface area contributed by atoms with E-state index in [1.807, 2.05) is 12.1 Å². The highest BCUT2D eigenvalue weighted by atomic mass is 32.1. The number of hydrogen-bond acceptors (Lipinski definition) is 4. The molecule has 2 aliphatic heterocycles. The van der Waals surface area contributed by atoms with Crippen molar-refractivity contribution in [2.45, 2.75) is 26.2 Å². The van der Waals surface area contributed by atoms with Crippen LogP contribution in [0.5, 0.6) is 0 Å². The van der Waals surface area contributed by atoms with Gasteiger partial charge in [0.25, 0.3) is 11.8 Å². The Morgan fingerprint density at radius 2 is 1.93 bits per heavy atom. The lowest BCUT2D eigenvalue weighted by Crippen LogP contribution is -2.54. The van der Waals surface area contributed by atoms with E-state index in [-0.39, 0.29) is 10.7 Å². The summed E-state index contributed by atoms with van der Waals surface area (Å²) in [6.45, 7) is 4.20. The van der Waals surface area contributed by atoms with Crippen molar-refractivity contribution in [3.63, 3.8) is 0 Å². The van der Waals surface area contributed by atoms with Crippen LogP contribution in [0.2, 0.25) is 0 Å². The Labute approximate surface area is 180 Å². The summed E-state index contributed by atoms with van der Waals surface area (Å²) in [6.07, 6.45) is 4.84. The van der Waals surface area contributed by atoms with Gasteiger partial charge in [0, 0.05) is 18.8 Å². The van der Waals surface area contributed by atoms with Crippen molar-refractivity contribution >= 4 is 46.6 Å². The van der Waals surface area contributed by atoms with E-state index in [0.29, 0.717) is 5.69 Å². The third kappa shape index (κ3) is 3.85. The van der Waals surface area contributed by atoms with Crippen LogP contribution in [-0.4, -0.2) is 30.0 Å². The van der Waals surface area contributed by atoms with E-state index in [0.717, 1.165) is 37.9 Å². The molecular weight excluding hydrogens is 401 g/mol. The molecule has 1 saturated heterocycles. The zero-order chi connectivity index (χ0) is 21.3. The minimum atomic E-state index is -0.534. The number of anilines is 2. The first kappa shape index (κ1) is 20.2. The number of unbranched alkanes of at least 4 members (excludes halogenated alkanes) is 1. The molecule has 0 unspecified atom stereocenters. The predicted octanol–water partition coefficient (Wildman–Crippen LogP) is 3.82. The molecule has 1 N–H and O–H groups in total. The van der Waals surface area contributed by atoms with Gasteiger partial charge in [-0.3, -0.25) is 19.8 Å². The summed E-state index contributed by atoms with van der Waals surface area (Å²) in [6, 6.07) is 11.4. The van der Waals surface area contributed by atoms with Crippen LogP contribution in [-0.2, 0) is 16.0 Å². The first-order chi connectivity index (χ1) is 14.5. The number of carbonyl (C=O) groups is 2. The SMILES string of the molecule is CCCCN1CCc2cc(C=C3C(=O)NC(=S)N(c4ccc(F)cc4)C3=O)ccc21. The molecule has 1 fully saturated rings. The van der Waals surface area contributed by atoms with Crippen LogP contribution >= 0.6 is 12.2 Å². The Balaban J connectivity index is 1.62. The maximum absolute atomic E-state index is 13.3. The first-order valence-electron chi connectivity index (χ1n) is 10.0. The van der Waals surface area contributed by atoms with Gasteiger partial charge in [0.05, 0.1) is 5.69 Å². The fraction of sp³-hybridized carbons (Fsp3) is 0.261. The number of hydrogen-bond donors (Lipinski definition) is 1. The average Bonchev–Trinajstić information content (AvgIpc) is 3.13. The number of halogens is 1. The molecule has 4 rings (SSSR count). The van der Waals surface area contributed by atoms with Crippen molar-refractivity contribution in [1.82, 2.24) is 5.32 Å². The summed E-state index contributed by atoms with van der Waals surface area (Å²) < 4.78 is 13.3. The Morgan fingerprint density at radius 3 is 2.67 bits per heavy atom. The second-order valence-corrected chi connectivity index (χ2v) is 7.80. The number of rotatable bonds is 5. The number of thiocarbonyl (C=S) groups is 1. The van der Waals surface area contributed by atoms with Crippen LogP contribution in [0.25, 0.3) is 6.08 Å². The molecule has 2 aromatic carbocycles. The van der Waals surface area contributed by atoms with E-state index in [1.165, 1.54) is 40.4 Å². The summed E-state index contributed by atoms with van der Waals surface area (Å²) >= 11 is 5.17. The van der Waals surface area contributed by atoms with E-state index < -0.39 is 17.6 Å². The van der Waals surface area contributed by atoms with Crippen molar-refractivity contribution < 1.29 is 14.0 Å². The van der Waals surface area contributed by atoms with E-state index in [2.05, 4.69) is 23.2 Å². The first-order valence-corrected chi connectivity index (χ1v) is 10.4. The molecule has 2 heterocycles. The molecule has 154 valence electrons. The van der Waals surface area contributed by atoms with E-state index in [9.17, 15) is 14.0 Å². The highest BCUT2D eigenvalue weighted by Crippen LogP contribution is 2.30. The Kier molecular flexibility index (Phi) is 5.63. The van der Waals surface area contributed by atoms with Gasteiger partial charge in [-0.1, -0.05) is 19.4 Å². The minimum absolute atomic E-state index is 0.00582. The van der Waals surface area contributed by atoms with Crippen LogP contribution in [0, 0.1) is 5.82 Å². The number of carbonyl (C=O) groups excluding carboxylic acids is 2. The number of nitrogens with one attached hydrogen (secondary N) is 1. The molecule has 2 aliphatic rings. The van der Waals surface area contributed by atoms with Gasteiger partial charge in [0.2, 0.25) is 0 Å². The smallest absolute Gasteiger partial charge is 0.270 e. The second-order valence-electron chi connectivity index (χ2n) is 7.41. The maximum Gasteiger partial charge on any atom is 0.270 e. The van der Waals surface area contributed by atoms with Gasteiger partial charge in [0.15, 0.2) is 5.11 Å². The summed E-state index contributed by atoms with van der Waals surface area (Å²) in [5.41, 5.74) is 3.62. The van der Waals surface area contributed by atoms with Crippen LogP contribution in [0.15, 0.2) is 48.0 Å². The molecule has 0 radical (unpaired) electrons. The Morgan fingerprint density at radius 1 is 1.17 bits per heavy atom. The monoisotopic (exact) mass is 423 g/mol. The third-order valence-corrected chi connectivity index (χ3v) is 5.66. The van der Waals surface area contributed by atoms with Gasteiger partial charge >= 0.3 is 0 Å². The third-order valence-electron chi connectivity index (χ3n) is 5.37. The highest BCUT2D eigenvalue weighted by Gasteiger charge is 2.34. The number of benzene rings is 2. The van der Waals surface area contributed by atoms with Crippen molar-refractivity contribution in [2.24, 2.45) is 0 Å². The Hall–Kier alpha value is -3.06. The predicted molar refractivity (Wildman–Crippen MR) is 120 cm³/mol. The largest absolute Gasteiger partial charge is 0.371 e. The van der Waals surface area contributed by atoms with E-state index in [1.54, 1.807) is 6.08 Å². The molecule has 2 amide bonds. The minimum Gasteiger partial charge on any atom is -0.371 e. The van der Waals surface area contributed by atoms with Gasteiger partial charge in [-0.05, 0) is 78.7 Å². The van der Waals surface area contributed by atoms with Crippen LogP contribution in [0.4, 0.5) is 15.8 Å². The molecule has 30 heavy (non-hydrogen) atoms. The molecule has 0 spiro atoms. The molecule has 0 atom stereocenters. The van der Waals surface area contributed by atoms with Crippen molar-refractivity contribution in [3.05, 3.63) is 65.0 Å². The molecule has 5 nitrogen and oxygen atoms in total. The number of amides is 2. The van der Waals surface area contributed by atoms with Crippen molar-refractivity contribution in [1.29, 1.82) is 0 Å².